The van der Waals surface area contributed by atoms with E-state index in [2.05, 4.69) is 68.7 Å². The van der Waals surface area contributed by atoms with Crippen molar-refractivity contribution >= 4 is 0 Å². The van der Waals surface area contributed by atoms with Gasteiger partial charge in [0.2, 0.25) is 0 Å². The molecular weight excluding hydrogens is 242 g/mol. The zero-order valence-corrected chi connectivity index (χ0v) is 12.6. The number of hydrogen-bond acceptors (Lipinski definition) is 1. The minimum atomic E-state index is 0.452. The van der Waals surface area contributed by atoms with Gasteiger partial charge in [0.25, 0.3) is 0 Å². The van der Waals surface area contributed by atoms with Crippen LogP contribution in [0, 0.1) is 13.8 Å². The van der Waals surface area contributed by atoms with Gasteiger partial charge in [-0.15, -0.1) is 0 Å². The third kappa shape index (κ3) is 2.38. The van der Waals surface area contributed by atoms with Crippen LogP contribution in [0.3, 0.4) is 0 Å². The van der Waals surface area contributed by atoms with Crippen molar-refractivity contribution in [1.29, 1.82) is 0 Å². The molecule has 0 fully saturated rings. The molecule has 1 aliphatic carbocycles. The van der Waals surface area contributed by atoms with E-state index in [4.69, 9.17) is 0 Å². The van der Waals surface area contributed by atoms with Gasteiger partial charge in [-0.3, -0.25) is 0 Å². The van der Waals surface area contributed by atoms with E-state index in [1.54, 1.807) is 5.56 Å². The second-order valence-corrected chi connectivity index (χ2v) is 6.04. The van der Waals surface area contributed by atoms with Gasteiger partial charge in [0.05, 0.1) is 0 Å². The normalized spacial score (nSPS) is 18.2. The summed E-state index contributed by atoms with van der Waals surface area (Å²) in [5.41, 5.74) is 7.28. The van der Waals surface area contributed by atoms with E-state index in [9.17, 15) is 0 Å². The van der Waals surface area contributed by atoms with Crippen LogP contribution >= 0.6 is 0 Å². The lowest BCUT2D eigenvalue weighted by Gasteiger charge is -2.33. The number of nitrogens with one attached hydrogen (secondary N) is 1. The van der Waals surface area contributed by atoms with Crippen molar-refractivity contribution in [3.05, 3.63) is 70.3 Å². The molecule has 2 atom stereocenters. The lowest BCUT2D eigenvalue weighted by molar-refractivity contribution is 0.451. The van der Waals surface area contributed by atoms with E-state index in [1.807, 2.05) is 0 Å². The number of fused-ring (bicyclic) bond motifs is 1. The highest BCUT2D eigenvalue weighted by Crippen LogP contribution is 2.41. The first kappa shape index (κ1) is 13.4. The van der Waals surface area contributed by atoms with Crippen LogP contribution in [0.5, 0.6) is 0 Å². The van der Waals surface area contributed by atoms with E-state index in [1.165, 1.54) is 35.1 Å². The highest BCUT2D eigenvalue weighted by Gasteiger charge is 2.28. The molecule has 0 amide bonds. The van der Waals surface area contributed by atoms with Crippen LogP contribution < -0.4 is 5.32 Å². The SMILES string of the molecule is CNC(CC1Cc2ccccc21)c1cc(C)ccc1C. The molecule has 0 spiro atoms. The fourth-order valence-corrected chi connectivity index (χ4v) is 3.39. The molecule has 0 radical (unpaired) electrons. The van der Waals surface area contributed by atoms with Crippen molar-refractivity contribution < 1.29 is 0 Å². The summed E-state index contributed by atoms with van der Waals surface area (Å²) >= 11 is 0. The van der Waals surface area contributed by atoms with Crippen molar-refractivity contribution in [3.8, 4) is 0 Å². The van der Waals surface area contributed by atoms with Gasteiger partial charge in [-0.2, -0.15) is 0 Å². The second kappa shape index (κ2) is 5.41. The Bertz CT molecular complexity index is 615. The number of benzene rings is 2. The Labute approximate surface area is 122 Å². The molecule has 0 aromatic heterocycles. The predicted octanol–water partition coefficient (Wildman–Crippen LogP) is 4.29. The van der Waals surface area contributed by atoms with Crippen LogP contribution in [0.1, 0.15) is 46.2 Å². The molecule has 3 rings (SSSR count). The zero-order chi connectivity index (χ0) is 14.1. The molecule has 0 aliphatic heterocycles. The van der Waals surface area contributed by atoms with Gasteiger partial charge >= 0.3 is 0 Å². The smallest absolute Gasteiger partial charge is 0.0326 e. The molecule has 104 valence electrons. The molecule has 0 bridgehead atoms. The van der Waals surface area contributed by atoms with Crippen LogP contribution in [-0.4, -0.2) is 7.05 Å². The van der Waals surface area contributed by atoms with E-state index in [0.717, 1.165) is 0 Å². The molecule has 2 aromatic rings. The molecule has 0 saturated carbocycles. The first-order valence-corrected chi connectivity index (χ1v) is 7.51. The van der Waals surface area contributed by atoms with Crippen molar-refractivity contribution in [2.24, 2.45) is 0 Å². The fourth-order valence-electron chi connectivity index (χ4n) is 3.39. The Hall–Kier alpha value is -1.60. The Morgan fingerprint density at radius 3 is 2.70 bits per heavy atom. The Balaban J connectivity index is 1.80. The molecule has 1 heteroatoms. The van der Waals surface area contributed by atoms with Gasteiger partial charge in [0.1, 0.15) is 0 Å². The van der Waals surface area contributed by atoms with E-state index >= 15 is 0 Å². The third-order valence-corrected chi connectivity index (χ3v) is 4.64. The molecule has 1 nitrogen and oxygen atoms in total. The molecule has 2 unspecified atom stereocenters. The highest BCUT2D eigenvalue weighted by atomic mass is 14.9. The maximum atomic E-state index is 3.52. The third-order valence-electron chi connectivity index (χ3n) is 4.64. The van der Waals surface area contributed by atoms with Crippen LogP contribution in [0.15, 0.2) is 42.5 Å². The highest BCUT2D eigenvalue weighted by molar-refractivity contribution is 5.41. The molecular formula is C19H23N. The topological polar surface area (TPSA) is 12.0 Å². The summed E-state index contributed by atoms with van der Waals surface area (Å²) in [6.07, 6.45) is 2.43. The summed E-state index contributed by atoms with van der Waals surface area (Å²) in [5.74, 6) is 0.712. The van der Waals surface area contributed by atoms with Crippen LogP contribution in [0.4, 0.5) is 0 Å². The summed E-state index contributed by atoms with van der Waals surface area (Å²) in [6.45, 7) is 4.39. The van der Waals surface area contributed by atoms with Gasteiger partial charge in [-0.25, -0.2) is 0 Å². The first-order valence-electron chi connectivity index (χ1n) is 7.51. The fraction of sp³-hybridized carbons (Fsp3) is 0.368. The minimum Gasteiger partial charge on any atom is -0.313 e. The summed E-state index contributed by atoms with van der Waals surface area (Å²) in [4.78, 5) is 0. The van der Waals surface area contributed by atoms with E-state index in [0.29, 0.717) is 12.0 Å². The van der Waals surface area contributed by atoms with Crippen LogP contribution in [0.2, 0.25) is 0 Å². The summed E-state index contributed by atoms with van der Waals surface area (Å²) in [5, 5.41) is 3.52. The second-order valence-electron chi connectivity index (χ2n) is 6.04. The van der Waals surface area contributed by atoms with Gasteiger partial charge in [-0.05, 0) is 61.9 Å². The number of hydrogen-bond donors (Lipinski definition) is 1. The number of rotatable bonds is 4. The van der Waals surface area contributed by atoms with Gasteiger partial charge < -0.3 is 5.32 Å². The summed E-state index contributed by atoms with van der Waals surface area (Å²) in [7, 11) is 2.08. The quantitative estimate of drug-likeness (QED) is 0.869. The standard InChI is InChI=1S/C19H23N/c1-13-8-9-14(2)18(10-13)19(20-3)12-16-11-15-6-4-5-7-17(15)16/h4-10,16,19-20H,11-12H2,1-3H3. The first-order chi connectivity index (χ1) is 9.69. The molecule has 2 aromatic carbocycles. The molecule has 20 heavy (non-hydrogen) atoms. The molecule has 0 heterocycles. The molecule has 0 saturated heterocycles. The van der Waals surface area contributed by atoms with Gasteiger partial charge in [-0.1, -0.05) is 48.0 Å². The van der Waals surface area contributed by atoms with Crippen LogP contribution in [0.25, 0.3) is 0 Å². The Morgan fingerprint density at radius 2 is 1.95 bits per heavy atom. The molecule has 1 N–H and O–H groups in total. The van der Waals surface area contributed by atoms with E-state index in [-0.39, 0.29) is 0 Å². The Morgan fingerprint density at radius 1 is 1.15 bits per heavy atom. The summed E-state index contributed by atoms with van der Waals surface area (Å²) < 4.78 is 0. The monoisotopic (exact) mass is 265 g/mol. The van der Waals surface area contributed by atoms with Crippen molar-refractivity contribution in [2.45, 2.75) is 38.6 Å². The van der Waals surface area contributed by atoms with Crippen LogP contribution in [-0.2, 0) is 6.42 Å². The maximum Gasteiger partial charge on any atom is 0.0326 e. The van der Waals surface area contributed by atoms with Gasteiger partial charge in [0.15, 0.2) is 0 Å². The van der Waals surface area contributed by atoms with E-state index < -0.39 is 0 Å². The minimum absolute atomic E-state index is 0.452. The zero-order valence-electron chi connectivity index (χ0n) is 12.6. The average Bonchev–Trinajstić information content (AvgIpc) is 2.43. The average molecular weight is 265 g/mol. The predicted molar refractivity (Wildman–Crippen MR) is 85.2 cm³/mol. The number of aryl methyl sites for hydroxylation is 2. The maximum absolute atomic E-state index is 3.52. The van der Waals surface area contributed by atoms with Crippen molar-refractivity contribution in [1.82, 2.24) is 5.32 Å². The lowest BCUT2D eigenvalue weighted by atomic mass is 9.73. The lowest BCUT2D eigenvalue weighted by Crippen LogP contribution is -2.25. The van der Waals surface area contributed by atoms with Crippen molar-refractivity contribution in [2.75, 3.05) is 7.05 Å². The largest absolute Gasteiger partial charge is 0.313 e. The van der Waals surface area contributed by atoms with Gasteiger partial charge in [0, 0.05) is 6.04 Å². The molecule has 1 aliphatic rings. The summed E-state index contributed by atoms with van der Waals surface area (Å²) in [6, 6.07) is 16.1. The Kier molecular flexibility index (Phi) is 3.62. The van der Waals surface area contributed by atoms with Crippen molar-refractivity contribution in [3.63, 3.8) is 0 Å².